The van der Waals surface area contributed by atoms with Gasteiger partial charge < -0.3 is 20.1 Å². The van der Waals surface area contributed by atoms with Crippen molar-refractivity contribution >= 4 is 10.9 Å². The molecule has 2 aromatic carbocycles. The number of aryl methyl sites for hydroxylation is 1. The second kappa shape index (κ2) is 8.19. The molecule has 0 saturated carbocycles. The first-order valence-corrected chi connectivity index (χ1v) is 8.78. The molecule has 0 aliphatic carbocycles. The third-order valence-corrected chi connectivity index (χ3v) is 4.43. The number of ether oxygens (including phenoxy) is 1. The van der Waals surface area contributed by atoms with Crippen LogP contribution in [0.3, 0.4) is 0 Å². The summed E-state index contributed by atoms with van der Waals surface area (Å²) in [5.74, 6) is 0.827. The summed E-state index contributed by atoms with van der Waals surface area (Å²) in [7, 11) is 0. The Kier molecular flexibility index (Phi) is 5.74. The van der Waals surface area contributed by atoms with E-state index >= 15 is 0 Å². The van der Waals surface area contributed by atoms with Crippen molar-refractivity contribution in [2.45, 2.75) is 32.4 Å². The fraction of sp³-hybridized carbons (Fsp3) is 0.333. The van der Waals surface area contributed by atoms with Crippen LogP contribution in [-0.4, -0.2) is 35.4 Å². The lowest BCUT2D eigenvalue weighted by molar-refractivity contribution is 0.104. The van der Waals surface area contributed by atoms with Gasteiger partial charge in [-0.1, -0.05) is 36.4 Å². The highest BCUT2D eigenvalue weighted by atomic mass is 16.5. The zero-order valence-electron chi connectivity index (χ0n) is 14.8. The maximum Gasteiger partial charge on any atom is 0.122 e. The summed E-state index contributed by atoms with van der Waals surface area (Å²) in [4.78, 5) is 3.30. The SMILES string of the molecule is Cc1ccccc1OCC(O)CNC(C)Cc1c[nH]c2ccccc12. The molecule has 3 N–H and O–H groups in total. The molecule has 0 aliphatic heterocycles. The average molecular weight is 338 g/mol. The molecule has 132 valence electrons. The Morgan fingerprint density at radius 2 is 1.88 bits per heavy atom. The van der Waals surface area contributed by atoms with Crippen LogP contribution in [0.1, 0.15) is 18.1 Å². The maximum absolute atomic E-state index is 10.2. The summed E-state index contributed by atoms with van der Waals surface area (Å²) in [6.07, 6.45) is 2.45. The topological polar surface area (TPSA) is 57.3 Å². The molecule has 0 saturated heterocycles. The number of aromatic amines is 1. The number of hydrogen-bond donors (Lipinski definition) is 3. The molecule has 0 bridgehead atoms. The van der Waals surface area contributed by atoms with Gasteiger partial charge in [0, 0.05) is 29.7 Å². The number of fused-ring (bicyclic) bond motifs is 1. The summed E-state index contributed by atoms with van der Waals surface area (Å²) >= 11 is 0. The molecule has 1 aromatic heterocycles. The van der Waals surface area contributed by atoms with E-state index in [1.165, 1.54) is 10.9 Å². The predicted octanol–water partition coefficient (Wildman–Crippen LogP) is 3.44. The minimum atomic E-state index is -0.537. The molecule has 0 radical (unpaired) electrons. The third kappa shape index (κ3) is 4.62. The highest BCUT2D eigenvalue weighted by molar-refractivity contribution is 5.83. The van der Waals surface area contributed by atoms with Crippen molar-refractivity contribution in [3.63, 3.8) is 0 Å². The van der Waals surface area contributed by atoms with Gasteiger partial charge in [0.2, 0.25) is 0 Å². The largest absolute Gasteiger partial charge is 0.491 e. The lowest BCUT2D eigenvalue weighted by atomic mass is 10.1. The van der Waals surface area contributed by atoms with Crippen molar-refractivity contribution in [3.05, 3.63) is 65.9 Å². The summed E-state index contributed by atoms with van der Waals surface area (Å²) in [6.45, 7) is 4.94. The fourth-order valence-electron chi connectivity index (χ4n) is 3.00. The highest BCUT2D eigenvalue weighted by Crippen LogP contribution is 2.19. The van der Waals surface area contributed by atoms with Gasteiger partial charge in [-0.15, -0.1) is 0 Å². The number of para-hydroxylation sites is 2. The molecule has 0 amide bonds. The van der Waals surface area contributed by atoms with E-state index < -0.39 is 6.10 Å². The minimum absolute atomic E-state index is 0.271. The number of nitrogens with one attached hydrogen (secondary N) is 2. The van der Waals surface area contributed by atoms with E-state index in [9.17, 15) is 5.11 Å². The van der Waals surface area contributed by atoms with Gasteiger partial charge in [0.05, 0.1) is 0 Å². The quantitative estimate of drug-likeness (QED) is 0.590. The molecule has 2 atom stereocenters. The van der Waals surface area contributed by atoms with Gasteiger partial charge in [0.25, 0.3) is 0 Å². The monoisotopic (exact) mass is 338 g/mol. The Labute approximate surface area is 148 Å². The maximum atomic E-state index is 10.2. The molecular formula is C21H26N2O2. The van der Waals surface area contributed by atoms with Crippen LogP contribution in [0.5, 0.6) is 5.75 Å². The Hall–Kier alpha value is -2.30. The first-order chi connectivity index (χ1) is 12.1. The zero-order chi connectivity index (χ0) is 17.6. The fourth-order valence-corrected chi connectivity index (χ4v) is 3.00. The van der Waals surface area contributed by atoms with E-state index in [0.717, 1.165) is 23.3 Å². The number of aliphatic hydroxyl groups excluding tert-OH is 1. The van der Waals surface area contributed by atoms with E-state index in [-0.39, 0.29) is 12.6 Å². The first kappa shape index (κ1) is 17.5. The molecule has 1 heterocycles. The zero-order valence-corrected chi connectivity index (χ0v) is 14.8. The van der Waals surface area contributed by atoms with Crippen LogP contribution in [0.15, 0.2) is 54.7 Å². The first-order valence-electron chi connectivity index (χ1n) is 8.78. The number of hydrogen-bond acceptors (Lipinski definition) is 3. The minimum Gasteiger partial charge on any atom is -0.491 e. The third-order valence-electron chi connectivity index (χ3n) is 4.43. The molecule has 0 fully saturated rings. The second-order valence-electron chi connectivity index (χ2n) is 6.60. The summed E-state index contributed by atoms with van der Waals surface area (Å²) in [6, 6.07) is 16.4. The Balaban J connectivity index is 1.45. The van der Waals surface area contributed by atoms with Gasteiger partial charge in [-0.05, 0) is 43.5 Å². The Morgan fingerprint density at radius 3 is 2.72 bits per heavy atom. The van der Waals surface area contributed by atoms with Gasteiger partial charge in [0.15, 0.2) is 0 Å². The van der Waals surface area contributed by atoms with Crippen molar-refractivity contribution in [2.24, 2.45) is 0 Å². The number of benzene rings is 2. The van der Waals surface area contributed by atoms with Crippen LogP contribution in [0.25, 0.3) is 10.9 Å². The van der Waals surface area contributed by atoms with Gasteiger partial charge in [0.1, 0.15) is 18.5 Å². The summed E-state index contributed by atoms with van der Waals surface area (Å²) < 4.78 is 5.70. The van der Waals surface area contributed by atoms with E-state index in [2.05, 4.69) is 41.6 Å². The molecular weight excluding hydrogens is 312 g/mol. The Morgan fingerprint density at radius 1 is 1.12 bits per heavy atom. The average Bonchev–Trinajstić information content (AvgIpc) is 3.02. The van der Waals surface area contributed by atoms with Crippen LogP contribution < -0.4 is 10.1 Å². The summed E-state index contributed by atoms with van der Waals surface area (Å²) in [5.41, 5.74) is 3.54. The van der Waals surface area contributed by atoms with Crippen LogP contribution in [0, 0.1) is 6.92 Å². The molecule has 3 aromatic rings. The van der Waals surface area contributed by atoms with Gasteiger partial charge in [-0.25, -0.2) is 0 Å². The molecule has 0 aliphatic rings. The predicted molar refractivity (Wildman–Crippen MR) is 102 cm³/mol. The normalized spacial score (nSPS) is 13.7. The van der Waals surface area contributed by atoms with Crippen molar-refractivity contribution in [3.8, 4) is 5.75 Å². The van der Waals surface area contributed by atoms with Crippen molar-refractivity contribution < 1.29 is 9.84 Å². The van der Waals surface area contributed by atoms with E-state index in [1.54, 1.807) is 0 Å². The van der Waals surface area contributed by atoms with Crippen LogP contribution in [0.2, 0.25) is 0 Å². The Bertz CT molecular complexity index is 812. The van der Waals surface area contributed by atoms with Crippen LogP contribution >= 0.6 is 0 Å². The van der Waals surface area contributed by atoms with Gasteiger partial charge >= 0.3 is 0 Å². The molecule has 25 heavy (non-hydrogen) atoms. The molecule has 0 spiro atoms. The highest BCUT2D eigenvalue weighted by Gasteiger charge is 2.11. The van der Waals surface area contributed by atoms with Gasteiger partial charge in [-0.3, -0.25) is 0 Å². The van der Waals surface area contributed by atoms with Gasteiger partial charge in [-0.2, -0.15) is 0 Å². The van der Waals surface area contributed by atoms with E-state index in [1.807, 2.05) is 37.3 Å². The van der Waals surface area contributed by atoms with E-state index in [0.29, 0.717) is 6.54 Å². The molecule has 3 rings (SSSR count). The van der Waals surface area contributed by atoms with Crippen molar-refractivity contribution in [2.75, 3.05) is 13.2 Å². The number of H-pyrrole nitrogens is 1. The number of aromatic nitrogens is 1. The van der Waals surface area contributed by atoms with Crippen molar-refractivity contribution in [1.29, 1.82) is 0 Å². The lowest BCUT2D eigenvalue weighted by Gasteiger charge is -2.18. The number of aliphatic hydroxyl groups is 1. The standard InChI is InChI=1S/C21H26N2O2/c1-15-7-3-6-10-21(15)25-14-18(24)13-22-16(2)11-17-12-23-20-9-5-4-8-19(17)20/h3-10,12,16,18,22-24H,11,13-14H2,1-2H3. The summed E-state index contributed by atoms with van der Waals surface area (Å²) in [5, 5.41) is 14.8. The molecule has 4 nitrogen and oxygen atoms in total. The lowest BCUT2D eigenvalue weighted by Crippen LogP contribution is -2.37. The molecule has 2 unspecified atom stereocenters. The second-order valence-corrected chi connectivity index (χ2v) is 6.60. The van der Waals surface area contributed by atoms with Crippen molar-refractivity contribution in [1.82, 2.24) is 10.3 Å². The smallest absolute Gasteiger partial charge is 0.122 e. The van der Waals surface area contributed by atoms with E-state index in [4.69, 9.17) is 4.74 Å². The number of rotatable bonds is 8. The molecule has 4 heteroatoms. The van der Waals surface area contributed by atoms with Crippen LogP contribution in [0.4, 0.5) is 0 Å². The van der Waals surface area contributed by atoms with Crippen LogP contribution in [-0.2, 0) is 6.42 Å².